The van der Waals surface area contributed by atoms with Crippen molar-refractivity contribution in [3.63, 3.8) is 0 Å². The van der Waals surface area contributed by atoms with Crippen molar-refractivity contribution >= 4 is 21.8 Å². The molecular weight excluding hydrogens is 318 g/mol. The van der Waals surface area contributed by atoms with Gasteiger partial charge in [-0.3, -0.25) is 4.79 Å². The van der Waals surface area contributed by atoms with Crippen molar-refractivity contribution in [2.24, 2.45) is 5.92 Å². The van der Waals surface area contributed by atoms with E-state index in [9.17, 15) is 10.1 Å². The van der Waals surface area contributed by atoms with Crippen molar-refractivity contribution in [2.45, 2.75) is 44.6 Å². The summed E-state index contributed by atoms with van der Waals surface area (Å²) in [7, 11) is 0. The molecule has 106 valence electrons. The lowest BCUT2D eigenvalue weighted by molar-refractivity contribution is 0.0890. The van der Waals surface area contributed by atoms with E-state index >= 15 is 0 Å². The number of nitrogens with one attached hydrogen (secondary N) is 1. The first-order valence-corrected chi connectivity index (χ1v) is 7.74. The van der Waals surface area contributed by atoms with E-state index in [1.165, 1.54) is 0 Å². The van der Waals surface area contributed by atoms with Gasteiger partial charge in [-0.25, -0.2) is 4.98 Å². The molecule has 0 saturated heterocycles. The molecule has 0 radical (unpaired) electrons. The molecule has 4 nitrogen and oxygen atoms in total. The smallest absolute Gasteiger partial charge is 0.255 e. The van der Waals surface area contributed by atoms with Crippen molar-refractivity contribution in [1.29, 1.82) is 5.26 Å². The maximum atomic E-state index is 12.3. The number of hydrogen-bond acceptors (Lipinski definition) is 3. The van der Waals surface area contributed by atoms with Gasteiger partial charge in [0.25, 0.3) is 5.91 Å². The summed E-state index contributed by atoms with van der Waals surface area (Å²) in [4.78, 5) is 16.4. The van der Waals surface area contributed by atoms with Crippen molar-refractivity contribution in [2.75, 3.05) is 0 Å². The van der Waals surface area contributed by atoms with Crippen LogP contribution in [0.25, 0.3) is 0 Å². The van der Waals surface area contributed by atoms with Crippen LogP contribution in [0.3, 0.4) is 0 Å². The van der Waals surface area contributed by atoms with Crippen molar-refractivity contribution < 1.29 is 4.79 Å². The lowest BCUT2D eigenvalue weighted by atomic mass is 9.76. The minimum Gasteiger partial charge on any atom is -0.334 e. The van der Waals surface area contributed by atoms with Gasteiger partial charge in [0.15, 0.2) is 0 Å². The molecule has 0 atom stereocenters. The molecule has 1 aromatic rings. The molecule has 1 N–H and O–H groups in total. The summed E-state index contributed by atoms with van der Waals surface area (Å²) in [6, 6.07) is 5.73. The van der Waals surface area contributed by atoms with Crippen LogP contribution in [-0.2, 0) is 0 Å². The van der Waals surface area contributed by atoms with E-state index in [1.807, 2.05) is 0 Å². The molecule has 0 aromatic carbocycles. The lowest BCUT2D eigenvalue weighted by Crippen LogP contribution is -2.49. The zero-order valence-corrected chi connectivity index (χ0v) is 13.1. The Bertz CT molecular complexity index is 530. The summed E-state index contributed by atoms with van der Waals surface area (Å²) >= 11 is 3.27. The van der Waals surface area contributed by atoms with Crippen LogP contribution in [0.2, 0.25) is 0 Å². The number of nitrogens with zero attached hydrogens (tertiary/aromatic N) is 2. The average Bonchev–Trinajstić information content (AvgIpc) is 2.48. The number of halogens is 1. The predicted octanol–water partition coefficient (Wildman–Crippen LogP) is 3.44. The maximum Gasteiger partial charge on any atom is 0.255 e. The SMILES string of the molecule is CCC1CCC(C#N)(NC(=O)c2cccnc2Br)CC1. The summed E-state index contributed by atoms with van der Waals surface area (Å²) in [5, 5.41) is 12.4. The molecule has 1 aromatic heterocycles. The Labute approximate surface area is 127 Å². The third-order valence-electron chi connectivity index (χ3n) is 4.11. The Morgan fingerprint density at radius 2 is 2.30 bits per heavy atom. The number of amides is 1. The third-order valence-corrected chi connectivity index (χ3v) is 4.74. The molecule has 1 saturated carbocycles. The second-order valence-corrected chi connectivity index (χ2v) is 6.09. The van der Waals surface area contributed by atoms with Gasteiger partial charge in [0.2, 0.25) is 0 Å². The molecule has 0 aliphatic heterocycles. The molecule has 20 heavy (non-hydrogen) atoms. The number of nitriles is 1. The monoisotopic (exact) mass is 335 g/mol. The number of pyridine rings is 1. The number of aromatic nitrogens is 1. The van der Waals surface area contributed by atoms with Crippen LogP contribution in [0, 0.1) is 17.2 Å². The van der Waals surface area contributed by atoms with Gasteiger partial charge in [0, 0.05) is 6.20 Å². The highest BCUT2D eigenvalue weighted by atomic mass is 79.9. The number of hydrogen-bond donors (Lipinski definition) is 1. The largest absolute Gasteiger partial charge is 0.334 e. The van der Waals surface area contributed by atoms with E-state index in [1.54, 1.807) is 18.3 Å². The van der Waals surface area contributed by atoms with Gasteiger partial charge in [-0.05, 0) is 59.7 Å². The minimum absolute atomic E-state index is 0.235. The Hall–Kier alpha value is -1.41. The highest BCUT2D eigenvalue weighted by Crippen LogP contribution is 2.33. The number of rotatable bonds is 3. The predicted molar refractivity (Wildman–Crippen MR) is 80.0 cm³/mol. The summed E-state index contributed by atoms with van der Waals surface area (Å²) < 4.78 is 0.507. The zero-order valence-electron chi connectivity index (χ0n) is 11.5. The Kier molecular flexibility index (Phi) is 4.77. The van der Waals surface area contributed by atoms with Crippen LogP contribution in [0.1, 0.15) is 49.4 Å². The molecular formula is C15H18BrN3O. The Balaban J connectivity index is 2.10. The summed E-state index contributed by atoms with van der Waals surface area (Å²) in [5.41, 5.74) is -0.252. The fourth-order valence-corrected chi connectivity index (χ4v) is 3.11. The van der Waals surface area contributed by atoms with Gasteiger partial charge >= 0.3 is 0 Å². The summed E-state index contributed by atoms with van der Waals surface area (Å²) in [6.07, 6.45) is 6.21. The quantitative estimate of drug-likeness (QED) is 0.860. The van der Waals surface area contributed by atoms with Gasteiger partial charge in [-0.2, -0.15) is 5.26 Å². The summed E-state index contributed by atoms with van der Waals surface area (Å²) in [5.74, 6) is 0.444. The lowest BCUT2D eigenvalue weighted by Gasteiger charge is -2.35. The van der Waals surface area contributed by atoms with Gasteiger partial charge < -0.3 is 5.32 Å². The first-order valence-electron chi connectivity index (χ1n) is 6.94. The van der Waals surface area contributed by atoms with E-state index in [4.69, 9.17) is 0 Å². The zero-order chi connectivity index (χ0) is 14.6. The molecule has 1 amide bonds. The second kappa shape index (κ2) is 6.36. The van der Waals surface area contributed by atoms with Gasteiger partial charge in [-0.1, -0.05) is 13.3 Å². The van der Waals surface area contributed by atoms with E-state index in [2.05, 4.69) is 39.2 Å². The molecule has 0 bridgehead atoms. The maximum absolute atomic E-state index is 12.3. The fraction of sp³-hybridized carbons (Fsp3) is 0.533. The van der Waals surface area contributed by atoms with Crippen molar-refractivity contribution in [1.82, 2.24) is 10.3 Å². The van der Waals surface area contributed by atoms with Crippen LogP contribution >= 0.6 is 15.9 Å². The third kappa shape index (κ3) is 3.18. The first kappa shape index (κ1) is 15.0. The second-order valence-electron chi connectivity index (χ2n) is 5.34. The molecule has 1 heterocycles. The highest BCUT2D eigenvalue weighted by Gasteiger charge is 2.36. The van der Waals surface area contributed by atoms with Gasteiger partial charge in [0.1, 0.15) is 10.1 Å². The van der Waals surface area contributed by atoms with Crippen LogP contribution in [0.5, 0.6) is 0 Å². The Morgan fingerprint density at radius 3 is 2.85 bits per heavy atom. The van der Waals surface area contributed by atoms with Crippen LogP contribution < -0.4 is 5.32 Å². The topological polar surface area (TPSA) is 65.8 Å². The van der Waals surface area contributed by atoms with E-state index in [0.29, 0.717) is 16.1 Å². The Morgan fingerprint density at radius 1 is 1.60 bits per heavy atom. The van der Waals surface area contributed by atoms with Gasteiger partial charge in [0.05, 0.1) is 11.6 Å². The first-order chi connectivity index (χ1) is 9.60. The van der Waals surface area contributed by atoms with E-state index in [0.717, 1.165) is 32.1 Å². The van der Waals surface area contributed by atoms with Crippen LogP contribution in [-0.4, -0.2) is 16.4 Å². The molecule has 1 aliphatic rings. The van der Waals surface area contributed by atoms with Crippen LogP contribution in [0.15, 0.2) is 22.9 Å². The van der Waals surface area contributed by atoms with Crippen LogP contribution in [0.4, 0.5) is 0 Å². The average molecular weight is 336 g/mol. The standard InChI is InChI=1S/C15H18BrN3O/c1-2-11-5-7-15(10-17,8-6-11)19-14(20)12-4-3-9-18-13(12)16/h3-4,9,11H,2,5-8H2,1H3,(H,19,20). The molecule has 5 heteroatoms. The molecule has 0 unspecified atom stereocenters. The summed E-state index contributed by atoms with van der Waals surface area (Å²) in [6.45, 7) is 2.18. The molecule has 1 fully saturated rings. The van der Waals surface area contributed by atoms with E-state index < -0.39 is 5.54 Å². The molecule has 2 rings (SSSR count). The minimum atomic E-state index is -0.724. The van der Waals surface area contributed by atoms with Gasteiger partial charge in [-0.15, -0.1) is 0 Å². The van der Waals surface area contributed by atoms with Crippen molar-refractivity contribution in [3.05, 3.63) is 28.5 Å². The molecule has 0 spiro atoms. The highest BCUT2D eigenvalue weighted by molar-refractivity contribution is 9.10. The molecule has 1 aliphatic carbocycles. The number of carbonyl (C=O) groups excluding carboxylic acids is 1. The van der Waals surface area contributed by atoms with E-state index in [-0.39, 0.29) is 5.91 Å². The van der Waals surface area contributed by atoms with Crippen molar-refractivity contribution in [3.8, 4) is 6.07 Å². The number of carbonyl (C=O) groups is 1. The fourth-order valence-electron chi connectivity index (χ4n) is 2.68. The normalized spacial score (nSPS) is 25.8.